The number of carbonyl (C=O) groups excluding carboxylic acids is 1. The first kappa shape index (κ1) is 12.0. The van der Waals surface area contributed by atoms with Gasteiger partial charge >= 0.3 is 6.03 Å². The molecule has 1 aromatic carbocycles. The minimum Gasteiger partial charge on any atom is -0.508 e. The number of hydrogen-bond donors (Lipinski definition) is 2. The SMILES string of the molecule is C=C1N=NC(=O)NC1=NCCc1ccc(O)cc1. The lowest BCUT2D eigenvalue weighted by molar-refractivity contribution is 0.251. The van der Waals surface area contributed by atoms with Gasteiger partial charge in [-0.2, -0.15) is 0 Å². The van der Waals surface area contributed by atoms with Crippen LogP contribution in [0.2, 0.25) is 0 Å². The van der Waals surface area contributed by atoms with E-state index in [-0.39, 0.29) is 5.75 Å². The average Bonchev–Trinajstić information content (AvgIpc) is 2.36. The van der Waals surface area contributed by atoms with E-state index in [1.165, 1.54) is 0 Å². The van der Waals surface area contributed by atoms with E-state index in [4.69, 9.17) is 5.11 Å². The number of nitrogens with one attached hydrogen (secondary N) is 1. The molecule has 2 rings (SSSR count). The maximum atomic E-state index is 11.0. The Morgan fingerprint density at radius 2 is 2.00 bits per heavy atom. The number of hydrogen-bond acceptors (Lipinski definition) is 4. The molecule has 0 unspecified atom stereocenters. The van der Waals surface area contributed by atoms with Gasteiger partial charge in [0.15, 0.2) is 5.84 Å². The molecule has 1 aromatic rings. The zero-order valence-corrected chi connectivity index (χ0v) is 9.63. The number of benzene rings is 1. The standard InChI is InChI=1S/C12H12N4O2/c1-8-11(14-12(18)16-15-8)13-7-6-9-2-4-10(17)5-3-9/h2-5,17H,1,6-7H2,(H,13,14,18). The number of amides is 2. The maximum Gasteiger partial charge on any atom is 0.365 e. The number of phenolic OH excluding ortho intramolecular Hbond substituents is 1. The minimum atomic E-state index is -0.536. The van der Waals surface area contributed by atoms with Crippen molar-refractivity contribution in [1.82, 2.24) is 5.32 Å². The molecule has 0 saturated heterocycles. The van der Waals surface area contributed by atoms with Crippen LogP contribution in [0, 0.1) is 0 Å². The summed E-state index contributed by atoms with van der Waals surface area (Å²) in [6, 6.07) is 6.36. The topological polar surface area (TPSA) is 86.4 Å². The Morgan fingerprint density at radius 3 is 2.72 bits per heavy atom. The van der Waals surface area contributed by atoms with E-state index >= 15 is 0 Å². The lowest BCUT2D eigenvalue weighted by Gasteiger charge is -2.09. The van der Waals surface area contributed by atoms with Gasteiger partial charge in [-0.05, 0) is 24.1 Å². The van der Waals surface area contributed by atoms with E-state index in [1.807, 2.05) is 12.1 Å². The molecule has 0 atom stereocenters. The summed E-state index contributed by atoms with van der Waals surface area (Å²) in [7, 11) is 0. The van der Waals surface area contributed by atoms with Gasteiger partial charge in [0.2, 0.25) is 0 Å². The third-order valence-corrected chi connectivity index (χ3v) is 2.37. The Balaban J connectivity index is 1.95. The van der Waals surface area contributed by atoms with Gasteiger partial charge in [0.1, 0.15) is 11.4 Å². The van der Waals surface area contributed by atoms with Crippen molar-refractivity contribution in [3.05, 3.63) is 42.1 Å². The molecule has 1 aliphatic rings. The van der Waals surface area contributed by atoms with E-state index in [2.05, 4.69) is 27.1 Å². The Morgan fingerprint density at radius 1 is 1.28 bits per heavy atom. The van der Waals surface area contributed by atoms with E-state index < -0.39 is 6.03 Å². The average molecular weight is 244 g/mol. The molecule has 92 valence electrons. The lowest BCUT2D eigenvalue weighted by Crippen LogP contribution is -2.31. The molecule has 1 aliphatic heterocycles. The summed E-state index contributed by atoms with van der Waals surface area (Å²) in [5.74, 6) is 0.590. The summed E-state index contributed by atoms with van der Waals surface area (Å²) in [5, 5.41) is 18.5. The van der Waals surface area contributed by atoms with E-state index in [1.54, 1.807) is 12.1 Å². The molecule has 0 bridgehead atoms. The maximum absolute atomic E-state index is 11.0. The highest BCUT2D eigenvalue weighted by Crippen LogP contribution is 2.10. The number of nitrogens with zero attached hydrogens (tertiary/aromatic N) is 3. The second-order valence-corrected chi connectivity index (χ2v) is 3.72. The highest BCUT2D eigenvalue weighted by atomic mass is 16.3. The fraction of sp³-hybridized carbons (Fsp3) is 0.167. The molecule has 1 heterocycles. The summed E-state index contributed by atoms with van der Waals surface area (Å²) in [6.07, 6.45) is 0.698. The van der Waals surface area contributed by atoms with Gasteiger partial charge in [-0.3, -0.25) is 10.3 Å². The smallest absolute Gasteiger partial charge is 0.365 e. The zero-order chi connectivity index (χ0) is 13.0. The molecule has 0 saturated carbocycles. The summed E-state index contributed by atoms with van der Waals surface area (Å²) in [5.41, 5.74) is 1.40. The molecule has 2 amide bonds. The van der Waals surface area contributed by atoms with Gasteiger partial charge < -0.3 is 5.11 Å². The number of aliphatic imine (C=N–C) groups is 1. The Bertz CT molecular complexity index is 532. The van der Waals surface area contributed by atoms with Crippen LogP contribution < -0.4 is 5.32 Å². The van der Waals surface area contributed by atoms with E-state index in [9.17, 15) is 4.79 Å². The van der Waals surface area contributed by atoms with E-state index in [0.29, 0.717) is 24.5 Å². The molecule has 0 radical (unpaired) electrons. The van der Waals surface area contributed by atoms with Gasteiger partial charge in [-0.25, -0.2) is 4.79 Å². The molecular formula is C12H12N4O2. The monoisotopic (exact) mass is 244 g/mol. The summed E-state index contributed by atoms with van der Waals surface area (Å²) >= 11 is 0. The van der Waals surface area contributed by atoms with Crippen LogP contribution in [0.5, 0.6) is 5.75 Å². The van der Waals surface area contributed by atoms with Gasteiger partial charge in [-0.1, -0.05) is 23.8 Å². The van der Waals surface area contributed by atoms with Crippen molar-refractivity contribution >= 4 is 11.9 Å². The van der Waals surface area contributed by atoms with Crippen LogP contribution in [-0.4, -0.2) is 23.5 Å². The Hall–Kier alpha value is -2.50. The van der Waals surface area contributed by atoms with Crippen LogP contribution in [0.15, 0.2) is 51.8 Å². The van der Waals surface area contributed by atoms with Crippen molar-refractivity contribution < 1.29 is 9.90 Å². The number of phenols is 1. The fourth-order valence-corrected chi connectivity index (χ4v) is 1.44. The van der Waals surface area contributed by atoms with Crippen molar-refractivity contribution in [2.45, 2.75) is 6.42 Å². The number of rotatable bonds is 3. The highest BCUT2D eigenvalue weighted by Gasteiger charge is 2.13. The third kappa shape index (κ3) is 3.00. The van der Waals surface area contributed by atoms with Crippen molar-refractivity contribution in [3.8, 4) is 5.75 Å². The summed E-state index contributed by atoms with van der Waals surface area (Å²) in [4.78, 5) is 15.2. The number of amidine groups is 1. The number of carbonyl (C=O) groups is 1. The molecular weight excluding hydrogens is 232 g/mol. The Labute approximate surface area is 104 Å². The predicted molar refractivity (Wildman–Crippen MR) is 66.6 cm³/mol. The molecule has 6 heteroatoms. The van der Waals surface area contributed by atoms with Crippen molar-refractivity contribution in [2.24, 2.45) is 15.2 Å². The second-order valence-electron chi connectivity index (χ2n) is 3.72. The van der Waals surface area contributed by atoms with Gasteiger partial charge in [-0.15, -0.1) is 5.11 Å². The zero-order valence-electron chi connectivity index (χ0n) is 9.63. The first-order valence-electron chi connectivity index (χ1n) is 5.39. The number of azo groups is 1. The first-order chi connectivity index (χ1) is 8.65. The molecule has 6 nitrogen and oxygen atoms in total. The van der Waals surface area contributed by atoms with Crippen LogP contribution in [0.1, 0.15) is 5.56 Å². The minimum absolute atomic E-state index is 0.235. The second kappa shape index (κ2) is 5.22. The van der Waals surface area contributed by atoms with Crippen LogP contribution in [-0.2, 0) is 6.42 Å². The van der Waals surface area contributed by atoms with Crippen molar-refractivity contribution in [2.75, 3.05) is 6.54 Å². The first-order valence-corrected chi connectivity index (χ1v) is 5.39. The third-order valence-electron chi connectivity index (χ3n) is 2.37. The van der Waals surface area contributed by atoms with Crippen LogP contribution in [0.4, 0.5) is 4.79 Å². The highest BCUT2D eigenvalue weighted by molar-refractivity contribution is 6.08. The van der Waals surface area contributed by atoms with Gasteiger partial charge in [0, 0.05) is 6.54 Å². The van der Waals surface area contributed by atoms with Crippen LogP contribution >= 0.6 is 0 Å². The van der Waals surface area contributed by atoms with Crippen LogP contribution in [0.3, 0.4) is 0 Å². The molecule has 18 heavy (non-hydrogen) atoms. The molecule has 0 spiro atoms. The summed E-state index contributed by atoms with van der Waals surface area (Å²) < 4.78 is 0. The number of aromatic hydroxyl groups is 1. The van der Waals surface area contributed by atoms with E-state index in [0.717, 1.165) is 5.56 Å². The Kier molecular flexibility index (Phi) is 3.47. The summed E-state index contributed by atoms with van der Waals surface area (Å²) in [6.45, 7) is 4.12. The molecule has 0 aromatic heterocycles. The van der Waals surface area contributed by atoms with Gasteiger partial charge in [0.25, 0.3) is 0 Å². The fourth-order valence-electron chi connectivity index (χ4n) is 1.44. The normalized spacial score (nSPS) is 17.0. The molecule has 2 N–H and O–H groups in total. The van der Waals surface area contributed by atoms with Crippen LogP contribution in [0.25, 0.3) is 0 Å². The predicted octanol–water partition coefficient (Wildman–Crippen LogP) is 2.02. The number of urea groups is 1. The molecule has 0 fully saturated rings. The quantitative estimate of drug-likeness (QED) is 0.852. The van der Waals surface area contributed by atoms with Crippen molar-refractivity contribution in [1.29, 1.82) is 0 Å². The lowest BCUT2D eigenvalue weighted by atomic mass is 10.1. The largest absolute Gasteiger partial charge is 0.508 e. The van der Waals surface area contributed by atoms with Gasteiger partial charge in [0.05, 0.1) is 0 Å². The van der Waals surface area contributed by atoms with Crippen molar-refractivity contribution in [3.63, 3.8) is 0 Å². The molecule has 0 aliphatic carbocycles.